The SMILES string of the molecule is Cc1nc(-c2ccc(F)cc2)ccc1C(=O)N=Nc1c(O)[nH]c2ccccc12. The number of fused-ring (bicyclic) bond motifs is 1. The Morgan fingerprint density at radius 1 is 1.07 bits per heavy atom. The molecule has 2 aromatic carbocycles. The van der Waals surface area contributed by atoms with Crippen molar-refractivity contribution >= 4 is 22.5 Å². The third-order valence-electron chi connectivity index (χ3n) is 4.36. The lowest BCUT2D eigenvalue weighted by Gasteiger charge is -2.05. The topological polar surface area (TPSA) is 90.7 Å². The fourth-order valence-corrected chi connectivity index (χ4v) is 2.93. The van der Waals surface area contributed by atoms with Crippen LogP contribution in [0.5, 0.6) is 5.88 Å². The normalized spacial score (nSPS) is 11.4. The van der Waals surface area contributed by atoms with Gasteiger partial charge in [-0.3, -0.25) is 9.78 Å². The summed E-state index contributed by atoms with van der Waals surface area (Å²) in [6, 6.07) is 16.4. The number of H-pyrrole nitrogens is 1. The first kappa shape index (κ1) is 17.5. The molecule has 0 unspecified atom stereocenters. The number of pyridine rings is 1. The number of rotatable bonds is 3. The Morgan fingerprint density at radius 2 is 1.82 bits per heavy atom. The van der Waals surface area contributed by atoms with Gasteiger partial charge in [0.05, 0.1) is 22.5 Å². The molecular weight excluding hydrogens is 359 g/mol. The maximum Gasteiger partial charge on any atom is 0.297 e. The average molecular weight is 374 g/mol. The summed E-state index contributed by atoms with van der Waals surface area (Å²) in [5.41, 5.74) is 3.05. The van der Waals surface area contributed by atoms with Gasteiger partial charge in [-0.1, -0.05) is 18.2 Å². The molecule has 0 aliphatic heterocycles. The van der Waals surface area contributed by atoms with Crippen LogP contribution in [0.1, 0.15) is 16.1 Å². The van der Waals surface area contributed by atoms with E-state index in [9.17, 15) is 14.3 Å². The van der Waals surface area contributed by atoms with E-state index in [4.69, 9.17) is 0 Å². The standard InChI is InChI=1S/C21H15FN4O2/c1-12-15(10-11-17(23-12)13-6-8-14(22)9-7-13)20(27)26-25-19-16-4-2-3-5-18(16)24-21(19)28/h2-11,24,28H,1H3. The molecule has 6 nitrogen and oxygen atoms in total. The Hall–Kier alpha value is -3.87. The second-order valence-corrected chi connectivity index (χ2v) is 6.21. The van der Waals surface area contributed by atoms with Crippen LogP contribution < -0.4 is 0 Å². The fourth-order valence-electron chi connectivity index (χ4n) is 2.93. The van der Waals surface area contributed by atoms with Crippen LogP contribution in [0.3, 0.4) is 0 Å². The molecule has 2 heterocycles. The summed E-state index contributed by atoms with van der Waals surface area (Å²) < 4.78 is 13.1. The summed E-state index contributed by atoms with van der Waals surface area (Å²) in [6.07, 6.45) is 0. The maximum absolute atomic E-state index is 13.1. The van der Waals surface area contributed by atoms with Gasteiger partial charge in [-0.15, -0.1) is 10.2 Å². The Bertz CT molecular complexity index is 1210. The Labute approximate surface area is 159 Å². The molecule has 0 bridgehead atoms. The van der Waals surface area contributed by atoms with Crippen LogP contribution in [-0.4, -0.2) is 21.0 Å². The number of halogens is 1. The zero-order valence-electron chi connectivity index (χ0n) is 14.8. The minimum atomic E-state index is -0.569. The maximum atomic E-state index is 13.1. The fraction of sp³-hybridized carbons (Fsp3) is 0.0476. The number of para-hydroxylation sites is 1. The van der Waals surface area contributed by atoms with E-state index >= 15 is 0 Å². The second kappa shape index (κ2) is 7.03. The molecule has 2 aromatic heterocycles. The van der Waals surface area contributed by atoms with Crippen molar-refractivity contribution in [3.05, 3.63) is 77.7 Å². The number of aryl methyl sites for hydroxylation is 1. The molecule has 1 amide bonds. The van der Waals surface area contributed by atoms with Crippen LogP contribution in [0.15, 0.2) is 70.9 Å². The average Bonchev–Trinajstić information content (AvgIpc) is 3.01. The van der Waals surface area contributed by atoms with Gasteiger partial charge in [0.25, 0.3) is 5.91 Å². The number of carbonyl (C=O) groups excluding carboxylic acids is 1. The molecule has 28 heavy (non-hydrogen) atoms. The lowest BCUT2D eigenvalue weighted by Crippen LogP contribution is -2.00. The molecule has 0 aliphatic rings. The summed E-state index contributed by atoms with van der Waals surface area (Å²) >= 11 is 0. The van der Waals surface area contributed by atoms with Crippen molar-refractivity contribution in [2.75, 3.05) is 0 Å². The Kier molecular flexibility index (Phi) is 4.41. The van der Waals surface area contributed by atoms with E-state index in [1.807, 2.05) is 6.07 Å². The number of aromatic nitrogens is 2. The van der Waals surface area contributed by atoms with Crippen LogP contribution in [-0.2, 0) is 0 Å². The van der Waals surface area contributed by atoms with E-state index in [0.29, 0.717) is 27.9 Å². The van der Waals surface area contributed by atoms with Gasteiger partial charge >= 0.3 is 0 Å². The van der Waals surface area contributed by atoms with Crippen molar-refractivity contribution in [3.8, 4) is 17.1 Å². The molecule has 0 aliphatic carbocycles. The minimum absolute atomic E-state index is 0.153. The highest BCUT2D eigenvalue weighted by atomic mass is 19.1. The number of amides is 1. The number of nitrogens with zero attached hydrogens (tertiary/aromatic N) is 3. The first-order chi connectivity index (χ1) is 13.5. The van der Waals surface area contributed by atoms with Gasteiger partial charge in [0.1, 0.15) is 5.82 Å². The quantitative estimate of drug-likeness (QED) is 0.476. The molecule has 4 rings (SSSR count). The van der Waals surface area contributed by atoms with Crippen molar-refractivity contribution in [2.45, 2.75) is 6.92 Å². The number of benzene rings is 2. The molecule has 0 fully saturated rings. The largest absolute Gasteiger partial charge is 0.493 e. The summed E-state index contributed by atoms with van der Waals surface area (Å²) in [5.74, 6) is -1.05. The first-order valence-corrected chi connectivity index (χ1v) is 8.52. The number of aromatic amines is 1. The molecule has 0 spiro atoms. The second-order valence-electron chi connectivity index (χ2n) is 6.21. The number of hydrogen-bond donors (Lipinski definition) is 2. The van der Waals surface area contributed by atoms with E-state index in [0.717, 1.165) is 5.56 Å². The highest BCUT2D eigenvalue weighted by molar-refractivity contribution is 5.97. The molecule has 4 aromatic rings. The minimum Gasteiger partial charge on any atom is -0.493 e. The molecule has 0 radical (unpaired) electrons. The molecule has 0 saturated heterocycles. The van der Waals surface area contributed by atoms with Gasteiger partial charge in [-0.05, 0) is 49.4 Å². The summed E-state index contributed by atoms with van der Waals surface area (Å²) in [6.45, 7) is 1.69. The van der Waals surface area contributed by atoms with Gasteiger partial charge in [0.15, 0.2) is 5.69 Å². The summed E-state index contributed by atoms with van der Waals surface area (Å²) in [5, 5.41) is 18.3. The molecule has 2 N–H and O–H groups in total. The van der Waals surface area contributed by atoms with Gasteiger partial charge in [0.2, 0.25) is 5.88 Å². The molecular formula is C21H15FN4O2. The van der Waals surface area contributed by atoms with Gasteiger partial charge in [0, 0.05) is 10.9 Å². The van der Waals surface area contributed by atoms with Crippen molar-refractivity contribution < 1.29 is 14.3 Å². The van der Waals surface area contributed by atoms with Gasteiger partial charge in [-0.25, -0.2) is 4.39 Å². The summed E-state index contributed by atoms with van der Waals surface area (Å²) in [4.78, 5) is 19.6. The molecule has 0 saturated carbocycles. The van der Waals surface area contributed by atoms with Crippen LogP contribution in [0.25, 0.3) is 22.2 Å². The van der Waals surface area contributed by atoms with E-state index in [1.54, 1.807) is 49.4 Å². The van der Waals surface area contributed by atoms with Gasteiger partial charge in [-0.2, -0.15) is 0 Å². The highest BCUT2D eigenvalue weighted by Crippen LogP contribution is 2.35. The lowest BCUT2D eigenvalue weighted by atomic mass is 10.1. The Balaban J connectivity index is 1.62. The van der Waals surface area contributed by atoms with E-state index in [-0.39, 0.29) is 17.4 Å². The van der Waals surface area contributed by atoms with Crippen LogP contribution in [0.4, 0.5) is 10.1 Å². The monoisotopic (exact) mass is 374 g/mol. The smallest absolute Gasteiger partial charge is 0.297 e. The van der Waals surface area contributed by atoms with Crippen molar-refractivity contribution in [1.29, 1.82) is 0 Å². The lowest BCUT2D eigenvalue weighted by molar-refractivity contribution is 0.0994. The predicted octanol–water partition coefficient (Wildman–Crippen LogP) is 5.31. The predicted molar refractivity (Wildman–Crippen MR) is 103 cm³/mol. The van der Waals surface area contributed by atoms with Crippen molar-refractivity contribution in [1.82, 2.24) is 9.97 Å². The zero-order chi connectivity index (χ0) is 19.7. The summed E-state index contributed by atoms with van der Waals surface area (Å²) in [7, 11) is 0. The van der Waals surface area contributed by atoms with Crippen molar-refractivity contribution in [2.24, 2.45) is 10.2 Å². The Morgan fingerprint density at radius 3 is 2.57 bits per heavy atom. The van der Waals surface area contributed by atoms with E-state index < -0.39 is 5.91 Å². The van der Waals surface area contributed by atoms with E-state index in [2.05, 4.69) is 20.2 Å². The number of carbonyl (C=O) groups is 1. The van der Waals surface area contributed by atoms with Crippen molar-refractivity contribution in [3.63, 3.8) is 0 Å². The third-order valence-corrected chi connectivity index (χ3v) is 4.36. The molecule has 7 heteroatoms. The molecule has 138 valence electrons. The van der Waals surface area contributed by atoms with E-state index in [1.165, 1.54) is 12.1 Å². The zero-order valence-corrected chi connectivity index (χ0v) is 14.8. The number of azo groups is 1. The molecule has 0 atom stereocenters. The van der Waals surface area contributed by atoms with Gasteiger partial charge < -0.3 is 10.1 Å². The highest BCUT2D eigenvalue weighted by Gasteiger charge is 2.13. The number of aromatic hydroxyl groups is 1. The first-order valence-electron chi connectivity index (χ1n) is 8.52. The van der Waals surface area contributed by atoms with Crippen LogP contribution >= 0.6 is 0 Å². The number of nitrogens with one attached hydrogen (secondary N) is 1. The third kappa shape index (κ3) is 3.25. The van der Waals surface area contributed by atoms with Crippen LogP contribution in [0, 0.1) is 12.7 Å². The number of hydrogen-bond acceptors (Lipinski definition) is 4. The van der Waals surface area contributed by atoms with Crippen LogP contribution in [0.2, 0.25) is 0 Å².